The lowest BCUT2D eigenvalue weighted by Crippen LogP contribution is -2.41. The molecule has 126 valence electrons. The number of pyridine rings is 1. The quantitative estimate of drug-likeness (QED) is 0.781. The minimum atomic E-state index is -0.480. The van der Waals surface area contributed by atoms with Crippen LogP contribution in [-0.4, -0.2) is 35.5 Å². The van der Waals surface area contributed by atoms with Crippen LogP contribution in [0.15, 0.2) is 12.3 Å². The number of hydrogen-bond donors (Lipinski definition) is 0. The number of ether oxygens (including phenoxy) is 2. The van der Waals surface area contributed by atoms with Crippen LogP contribution in [0.3, 0.4) is 0 Å². The number of rotatable bonds is 5. The maximum Gasteiger partial charge on any atom is 0.498 e. The van der Waals surface area contributed by atoms with Crippen LogP contribution in [0.4, 0.5) is 0 Å². The third-order valence-corrected chi connectivity index (χ3v) is 4.55. The van der Waals surface area contributed by atoms with Crippen molar-refractivity contribution in [3.8, 4) is 11.6 Å². The maximum atomic E-state index is 6.17. The van der Waals surface area contributed by atoms with Gasteiger partial charge in [-0.15, -0.1) is 0 Å². The Balaban J connectivity index is 1.91. The zero-order chi connectivity index (χ0) is 16.8. The summed E-state index contributed by atoms with van der Waals surface area (Å²) in [6, 6.07) is 1.87. The van der Waals surface area contributed by atoms with Gasteiger partial charge in [0.2, 0.25) is 5.88 Å². The zero-order valence-corrected chi connectivity index (χ0v) is 14.9. The van der Waals surface area contributed by atoms with Gasteiger partial charge in [-0.05, 0) is 54.4 Å². The summed E-state index contributed by atoms with van der Waals surface area (Å²) in [7, 11) is -0.480. The van der Waals surface area contributed by atoms with Gasteiger partial charge in [0.15, 0.2) is 0 Å². The van der Waals surface area contributed by atoms with Gasteiger partial charge in [-0.25, -0.2) is 4.98 Å². The van der Waals surface area contributed by atoms with Gasteiger partial charge in [-0.3, -0.25) is 0 Å². The average molecular weight is 319 g/mol. The van der Waals surface area contributed by atoms with Crippen LogP contribution >= 0.6 is 0 Å². The van der Waals surface area contributed by atoms with Crippen molar-refractivity contribution in [2.75, 3.05) is 0 Å². The van der Waals surface area contributed by atoms with Crippen molar-refractivity contribution < 1.29 is 18.8 Å². The van der Waals surface area contributed by atoms with Crippen LogP contribution in [0.2, 0.25) is 0 Å². The van der Waals surface area contributed by atoms with E-state index in [0.717, 1.165) is 24.1 Å². The largest absolute Gasteiger partial charge is 0.498 e. The third kappa shape index (κ3) is 3.48. The fraction of sp³-hybridized carbons (Fsp3) is 0.706. The first kappa shape index (κ1) is 16.6. The molecule has 23 heavy (non-hydrogen) atoms. The third-order valence-electron chi connectivity index (χ3n) is 4.55. The Bertz CT molecular complexity index is 568. The van der Waals surface area contributed by atoms with Crippen molar-refractivity contribution in [2.45, 2.75) is 77.8 Å². The van der Waals surface area contributed by atoms with Gasteiger partial charge >= 0.3 is 7.12 Å². The number of hydrogen-bond acceptors (Lipinski definition) is 5. The van der Waals surface area contributed by atoms with Gasteiger partial charge in [0.25, 0.3) is 0 Å². The molecule has 2 heterocycles. The molecular weight excluding hydrogens is 293 g/mol. The number of nitrogens with zero attached hydrogens (tertiary/aromatic N) is 1. The highest BCUT2D eigenvalue weighted by molar-refractivity contribution is 6.63. The molecule has 5 nitrogen and oxygen atoms in total. The van der Waals surface area contributed by atoms with Crippen LogP contribution in [0.25, 0.3) is 0 Å². The van der Waals surface area contributed by atoms with E-state index in [2.05, 4.69) is 4.98 Å². The Hall–Kier alpha value is -1.27. The van der Waals surface area contributed by atoms with Gasteiger partial charge in [0, 0.05) is 11.5 Å². The lowest BCUT2D eigenvalue weighted by atomic mass is 9.79. The summed E-state index contributed by atoms with van der Waals surface area (Å²) in [5, 5.41) is 0. The maximum absolute atomic E-state index is 6.17. The molecule has 0 aromatic carbocycles. The second kappa shape index (κ2) is 5.67. The molecule has 1 saturated heterocycles. The highest BCUT2D eigenvalue weighted by Gasteiger charge is 2.52. The van der Waals surface area contributed by atoms with E-state index in [4.69, 9.17) is 18.8 Å². The van der Waals surface area contributed by atoms with Crippen LogP contribution in [-0.2, 0) is 9.31 Å². The molecule has 0 unspecified atom stereocenters. The van der Waals surface area contributed by atoms with E-state index < -0.39 is 18.3 Å². The van der Waals surface area contributed by atoms with Gasteiger partial charge in [-0.2, -0.15) is 0 Å². The van der Waals surface area contributed by atoms with Crippen LogP contribution in [0, 0.1) is 0 Å². The summed E-state index contributed by atoms with van der Waals surface area (Å²) < 4.78 is 24.0. The van der Waals surface area contributed by atoms with Crippen molar-refractivity contribution in [2.24, 2.45) is 0 Å². The molecule has 1 aliphatic carbocycles. The average Bonchev–Trinajstić information content (AvgIpc) is 3.18. The van der Waals surface area contributed by atoms with Gasteiger partial charge in [0.05, 0.1) is 29.6 Å². The van der Waals surface area contributed by atoms with Crippen LogP contribution in [0.5, 0.6) is 11.6 Å². The van der Waals surface area contributed by atoms with Crippen LogP contribution < -0.4 is 14.9 Å². The lowest BCUT2D eigenvalue weighted by molar-refractivity contribution is 0.00578. The highest BCUT2D eigenvalue weighted by Crippen LogP contribution is 2.38. The van der Waals surface area contributed by atoms with E-state index in [-0.39, 0.29) is 12.2 Å². The first-order valence-corrected chi connectivity index (χ1v) is 8.37. The van der Waals surface area contributed by atoms with Crippen molar-refractivity contribution >= 4 is 12.6 Å². The highest BCUT2D eigenvalue weighted by atomic mass is 16.7. The van der Waals surface area contributed by atoms with Crippen molar-refractivity contribution in [3.05, 3.63) is 12.3 Å². The minimum Gasteiger partial charge on any atom is -0.489 e. The molecule has 2 fully saturated rings. The summed E-state index contributed by atoms with van der Waals surface area (Å²) in [4.78, 5) is 4.35. The zero-order valence-electron chi connectivity index (χ0n) is 14.9. The Morgan fingerprint density at radius 3 is 2.30 bits per heavy atom. The molecule has 0 bridgehead atoms. The summed E-state index contributed by atoms with van der Waals surface area (Å²) >= 11 is 0. The summed E-state index contributed by atoms with van der Waals surface area (Å²) in [6.07, 6.45) is 4.25. The molecule has 1 aliphatic heterocycles. The first-order chi connectivity index (χ1) is 10.7. The van der Waals surface area contributed by atoms with E-state index in [0.29, 0.717) is 5.88 Å². The Morgan fingerprint density at radius 1 is 1.17 bits per heavy atom. The van der Waals surface area contributed by atoms with E-state index in [9.17, 15) is 0 Å². The predicted molar refractivity (Wildman–Crippen MR) is 89.4 cm³/mol. The molecule has 0 amide bonds. The van der Waals surface area contributed by atoms with E-state index in [1.807, 2.05) is 47.6 Å². The normalized spacial score (nSPS) is 22.5. The molecule has 1 aromatic rings. The molecule has 0 spiro atoms. The number of aromatic nitrogens is 1. The summed E-state index contributed by atoms with van der Waals surface area (Å²) in [5.41, 5.74) is 0.0643. The fourth-order valence-electron chi connectivity index (χ4n) is 2.36. The second-order valence-electron chi connectivity index (χ2n) is 7.63. The van der Waals surface area contributed by atoms with Gasteiger partial charge in [-0.1, -0.05) is 0 Å². The summed E-state index contributed by atoms with van der Waals surface area (Å²) in [6.45, 7) is 12.1. The smallest absolute Gasteiger partial charge is 0.489 e. The predicted octanol–water partition coefficient (Wildman–Crippen LogP) is 2.71. The first-order valence-electron chi connectivity index (χ1n) is 8.37. The molecule has 0 atom stereocenters. The van der Waals surface area contributed by atoms with Crippen LogP contribution in [0.1, 0.15) is 54.4 Å². The van der Waals surface area contributed by atoms with Crippen molar-refractivity contribution in [1.82, 2.24) is 4.98 Å². The topological polar surface area (TPSA) is 49.8 Å². The molecular formula is C17H26BNO4. The van der Waals surface area contributed by atoms with Gasteiger partial charge < -0.3 is 18.8 Å². The van der Waals surface area contributed by atoms with Gasteiger partial charge in [0.1, 0.15) is 5.75 Å². The van der Waals surface area contributed by atoms with E-state index >= 15 is 0 Å². The SMILES string of the molecule is CC(C)Oc1cc(B2OC(C)(C)C(C)(C)O2)c(OC2CC2)cn1. The molecule has 1 aromatic heterocycles. The molecule has 0 N–H and O–H groups in total. The molecule has 2 aliphatic rings. The Morgan fingerprint density at radius 2 is 1.78 bits per heavy atom. The molecule has 0 radical (unpaired) electrons. The fourth-order valence-corrected chi connectivity index (χ4v) is 2.36. The standard InChI is InChI=1S/C17H26BNO4/c1-11(2)20-15-9-13(14(10-19-15)21-12-7-8-12)18-22-16(3,4)17(5,6)23-18/h9-12H,7-8H2,1-6H3. The van der Waals surface area contributed by atoms with Crippen molar-refractivity contribution in [1.29, 1.82) is 0 Å². The monoisotopic (exact) mass is 319 g/mol. The lowest BCUT2D eigenvalue weighted by Gasteiger charge is -2.32. The van der Waals surface area contributed by atoms with Crippen molar-refractivity contribution in [3.63, 3.8) is 0 Å². The molecule has 1 saturated carbocycles. The molecule has 6 heteroatoms. The molecule has 3 rings (SSSR count). The van der Waals surface area contributed by atoms with E-state index in [1.54, 1.807) is 6.20 Å². The Kier molecular flexibility index (Phi) is 4.09. The Labute approximate surface area is 138 Å². The summed E-state index contributed by atoms with van der Waals surface area (Å²) in [5.74, 6) is 1.29. The van der Waals surface area contributed by atoms with E-state index in [1.165, 1.54) is 0 Å². The second-order valence-corrected chi connectivity index (χ2v) is 7.63. The minimum absolute atomic E-state index is 0.0591.